The van der Waals surface area contributed by atoms with Crippen molar-refractivity contribution in [1.82, 2.24) is 14.7 Å². The molecular formula is C35H37Cl8N3O5. The predicted molar refractivity (Wildman–Crippen MR) is 211 cm³/mol. The average Bonchev–Trinajstić information content (AvgIpc) is 3.04. The lowest BCUT2D eigenvalue weighted by atomic mass is 10.1. The van der Waals surface area contributed by atoms with E-state index in [2.05, 4.69) is 0 Å². The maximum atomic E-state index is 10.2. The van der Waals surface area contributed by atoms with Crippen molar-refractivity contribution >= 4 is 92.8 Å². The van der Waals surface area contributed by atoms with E-state index in [4.69, 9.17) is 97.5 Å². The molecule has 0 radical (unpaired) electrons. The van der Waals surface area contributed by atoms with Gasteiger partial charge >= 0.3 is 0 Å². The highest BCUT2D eigenvalue weighted by Crippen LogP contribution is 2.36. The second-order valence-corrected chi connectivity index (χ2v) is 15.2. The van der Waals surface area contributed by atoms with Gasteiger partial charge in [0.2, 0.25) is 0 Å². The molecule has 16 heteroatoms. The van der Waals surface area contributed by atoms with Crippen LogP contribution in [0.1, 0.15) is 22.3 Å². The summed E-state index contributed by atoms with van der Waals surface area (Å²) in [5.41, 5.74) is 2.35. The zero-order valence-corrected chi connectivity index (χ0v) is 33.9. The SMILES string of the molecule is CN(C)CCN(Cc1cc(Cl)cc(Cl)c1O)Cc1cc(Cl)cc(Cl)c1O.COCCN(Cc1cc(Cl)cc(Cl)c1O)Cc1cc(Cl)cc(Cl)c1O. The summed E-state index contributed by atoms with van der Waals surface area (Å²) in [6.07, 6.45) is 0. The Kier molecular flexibility index (Phi) is 17.7. The molecule has 8 nitrogen and oxygen atoms in total. The topological polar surface area (TPSA) is 99.9 Å². The number of hydrogen-bond donors (Lipinski definition) is 4. The van der Waals surface area contributed by atoms with Gasteiger partial charge in [-0.3, -0.25) is 9.80 Å². The Bertz CT molecular complexity index is 1680. The van der Waals surface area contributed by atoms with Crippen molar-refractivity contribution in [3.05, 3.63) is 111 Å². The number of likely N-dealkylation sites (N-methyl/N-ethyl adjacent to an activating group) is 1. The second-order valence-electron chi connectivity index (χ2n) is 11.8. The predicted octanol–water partition coefficient (Wildman–Crippen LogP) is 10.6. The molecule has 0 aromatic heterocycles. The minimum Gasteiger partial charge on any atom is -0.506 e. The molecule has 0 aliphatic heterocycles. The van der Waals surface area contributed by atoms with Gasteiger partial charge in [-0.2, -0.15) is 0 Å². The monoisotopic (exact) mass is 859 g/mol. The Morgan fingerprint density at radius 3 is 0.980 bits per heavy atom. The Hall–Kier alpha value is -1.76. The fourth-order valence-corrected chi connectivity index (χ4v) is 7.05. The summed E-state index contributed by atoms with van der Waals surface area (Å²) < 4.78 is 5.13. The number of rotatable bonds is 14. The number of halogens is 8. The molecule has 4 aromatic rings. The zero-order chi connectivity index (χ0) is 38.0. The van der Waals surface area contributed by atoms with Crippen LogP contribution in [0.15, 0.2) is 48.5 Å². The van der Waals surface area contributed by atoms with Gasteiger partial charge < -0.3 is 30.1 Å². The highest BCUT2D eigenvalue weighted by atomic mass is 35.5. The number of phenolic OH excluding ortho intramolecular Hbond substituents is 4. The van der Waals surface area contributed by atoms with Gasteiger partial charge in [-0.05, 0) is 62.6 Å². The number of nitrogens with zero attached hydrogens (tertiary/aromatic N) is 3. The molecule has 0 heterocycles. The van der Waals surface area contributed by atoms with Crippen molar-refractivity contribution in [3.63, 3.8) is 0 Å². The third-order valence-corrected chi connectivity index (χ3v) is 9.50. The molecular weight excluding hydrogens is 826 g/mol. The highest BCUT2D eigenvalue weighted by molar-refractivity contribution is 6.37. The van der Waals surface area contributed by atoms with Crippen LogP contribution in [0, 0.1) is 0 Å². The summed E-state index contributed by atoms with van der Waals surface area (Å²) in [5, 5.41) is 43.3. The summed E-state index contributed by atoms with van der Waals surface area (Å²) >= 11 is 48.2. The number of methoxy groups -OCH3 is 1. The Morgan fingerprint density at radius 2 is 0.725 bits per heavy atom. The maximum absolute atomic E-state index is 10.2. The van der Waals surface area contributed by atoms with Gasteiger partial charge in [0.05, 0.1) is 26.7 Å². The normalized spacial score (nSPS) is 11.4. The fraction of sp³-hybridized carbons (Fsp3) is 0.314. The fourth-order valence-electron chi connectivity index (χ4n) is 4.91. The number of phenols is 4. The van der Waals surface area contributed by atoms with Gasteiger partial charge in [-0.25, -0.2) is 0 Å². The second kappa shape index (κ2) is 20.6. The van der Waals surface area contributed by atoms with Crippen LogP contribution < -0.4 is 0 Å². The van der Waals surface area contributed by atoms with Crippen LogP contribution in [-0.2, 0) is 30.9 Å². The van der Waals surface area contributed by atoms with Crippen molar-refractivity contribution in [2.45, 2.75) is 26.2 Å². The van der Waals surface area contributed by atoms with Crippen molar-refractivity contribution < 1.29 is 25.2 Å². The van der Waals surface area contributed by atoms with Crippen LogP contribution in [0.3, 0.4) is 0 Å². The van der Waals surface area contributed by atoms with Gasteiger partial charge in [0.1, 0.15) is 23.0 Å². The van der Waals surface area contributed by atoms with E-state index in [1.54, 1.807) is 31.4 Å². The molecule has 0 bridgehead atoms. The first kappa shape index (κ1) is 43.6. The van der Waals surface area contributed by atoms with Crippen molar-refractivity contribution in [3.8, 4) is 23.0 Å². The van der Waals surface area contributed by atoms with Crippen molar-refractivity contribution in [1.29, 1.82) is 0 Å². The zero-order valence-electron chi connectivity index (χ0n) is 27.8. The quantitative estimate of drug-likeness (QED) is 0.0995. The molecule has 0 saturated heterocycles. The third-order valence-electron chi connectivity index (χ3n) is 7.48. The van der Waals surface area contributed by atoms with E-state index in [9.17, 15) is 20.4 Å². The molecule has 51 heavy (non-hydrogen) atoms. The largest absolute Gasteiger partial charge is 0.506 e. The summed E-state index contributed by atoms with van der Waals surface area (Å²) in [7, 11) is 5.54. The number of benzene rings is 4. The van der Waals surface area contributed by atoms with E-state index in [0.29, 0.717) is 88.2 Å². The number of hydrogen-bond acceptors (Lipinski definition) is 8. The first-order chi connectivity index (χ1) is 24.0. The third kappa shape index (κ3) is 13.6. The molecule has 0 amide bonds. The lowest BCUT2D eigenvalue weighted by molar-refractivity contribution is 0.139. The summed E-state index contributed by atoms with van der Waals surface area (Å²) in [5.74, 6) is -0.0535. The molecule has 4 N–H and O–H groups in total. The molecule has 0 spiro atoms. The standard InChI is InChI=1S/C18H20Cl4N2O2.C17H17Cl4NO3/c1-23(2)3-4-24(9-11-5-13(19)7-15(21)17(11)25)10-12-6-14(20)8-16(22)18(12)26;1-25-3-2-22(8-10-4-12(18)6-14(20)16(10)23)9-11-5-13(19)7-15(21)17(11)24/h5-8,25-26H,3-4,9-10H2,1-2H3;4-7,23-24H,2-3,8-9H2,1H3. The molecule has 0 aliphatic carbocycles. The lowest BCUT2D eigenvalue weighted by Gasteiger charge is -2.25. The molecule has 0 aliphatic rings. The summed E-state index contributed by atoms with van der Waals surface area (Å²) in [4.78, 5) is 6.04. The van der Waals surface area contributed by atoms with Gasteiger partial charge in [-0.1, -0.05) is 92.8 Å². The van der Waals surface area contributed by atoms with Crippen molar-refractivity contribution in [2.75, 3.05) is 47.4 Å². The molecule has 0 saturated carbocycles. The van der Waals surface area contributed by atoms with Crippen LogP contribution in [0.25, 0.3) is 0 Å². The Balaban J connectivity index is 0.000000276. The molecule has 4 aromatic carbocycles. The van der Waals surface area contributed by atoms with E-state index >= 15 is 0 Å². The van der Waals surface area contributed by atoms with E-state index in [1.165, 1.54) is 24.3 Å². The molecule has 0 atom stereocenters. The molecule has 278 valence electrons. The lowest BCUT2D eigenvalue weighted by Crippen LogP contribution is -2.31. The Labute approximate surface area is 338 Å². The van der Waals surface area contributed by atoms with E-state index in [1.807, 2.05) is 28.8 Å². The summed E-state index contributed by atoms with van der Waals surface area (Å²) in [6.45, 7) is 3.95. The first-order valence-electron chi connectivity index (χ1n) is 15.2. The minimum atomic E-state index is -0.0261. The van der Waals surface area contributed by atoms with Crippen molar-refractivity contribution in [2.24, 2.45) is 0 Å². The average molecular weight is 863 g/mol. The van der Waals surface area contributed by atoms with Gasteiger partial charge in [-0.15, -0.1) is 0 Å². The van der Waals surface area contributed by atoms with Gasteiger partial charge in [0, 0.05) is 95.3 Å². The van der Waals surface area contributed by atoms with Crippen LogP contribution in [0.2, 0.25) is 40.2 Å². The number of aromatic hydroxyl groups is 4. The Morgan fingerprint density at radius 1 is 0.451 bits per heavy atom. The molecule has 0 unspecified atom stereocenters. The minimum absolute atomic E-state index is 0.000678. The van der Waals surface area contributed by atoms with Gasteiger partial charge in [0.15, 0.2) is 0 Å². The molecule has 0 fully saturated rings. The van der Waals surface area contributed by atoms with Crippen LogP contribution in [0.4, 0.5) is 0 Å². The van der Waals surface area contributed by atoms with E-state index in [-0.39, 0.29) is 43.1 Å². The van der Waals surface area contributed by atoms with E-state index in [0.717, 1.165) is 6.54 Å². The first-order valence-corrected chi connectivity index (χ1v) is 18.3. The van der Waals surface area contributed by atoms with Crippen LogP contribution >= 0.6 is 92.8 Å². The highest BCUT2D eigenvalue weighted by Gasteiger charge is 2.18. The van der Waals surface area contributed by atoms with Crippen LogP contribution in [0.5, 0.6) is 23.0 Å². The van der Waals surface area contributed by atoms with Crippen LogP contribution in [-0.4, -0.2) is 82.6 Å². The number of ether oxygens (including phenoxy) is 1. The maximum Gasteiger partial charge on any atom is 0.138 e. The molecule has 4 rings (SSSR count). The van der Waals surface area contributed by atoms with E-state index < -0.39 is 0 Å². The smallest absolute Gasteiger partial charge is 0.138 e. The van der Waals surface area contributed by atoms with Gasteiger partial charge in [0.25, 0.3) is 0 Å². The summed E-state index contributed by atoms with van der Waals surface area (Å²) in [6, 6.07) is 12.6.